The summed E-state index contributed by atoms with van der Waals surface area (Å²) >= 11 is 0. The van der Waals surface area contributed by atoms with Gasteiger partial charge in [0.05, 0.1) is 18.8 Å². The quantitative estimate of drug-likeness (QED) is 0.509. The molecule has 7 heteroatoms. The lowest BCUT2D eigenvalue weighted by molar-refractivity contribution is -0.118. The molecule has 0 aliphatic heterocycles. The zero-order valence-corrected chi connectivity index (χ0v) is 15.4. The van der Waals surface area contributed by atoms with Gasteiger partial charge in [0.25, 0.3) is 5.91 Å². The van der Waals surface area contributed by atoms with E-state index in [9.17, 15) is 9.59 Å². The Balaban J connectivity index is 1.84. The number of benzene rings is 2. The molecule has 144 valence electrons. The van der Waals surface area contributed by atoms with Gasteiger partial charge in [-0.1, -0.05) is 12.1 Å². The third-order valence-corrected chi connectivity index (χ3v) is 3.43. The van der Waals surface area contributed by atoms with Gasteiger partial charge in [0.1, 0.15) is 6.61 Å². The van der Waals surface area contributed by atoms with Crippen LogP contribution in [0.5, 0.6) is 11.5 Å². The number of nitrogens with one attached hydrogen (secondary N) is 1. The maximum Gasteiger partial charge on any atom is 0.338 e. The van der Waals surface area contributed by atoms with Crippen LogP contribution in [-0.2, 0) is 14.3 Å². The van der Waals surface area contributed by atoms with E-state index < -0.39 is 5.97 Å². The maximum atomic E-state index is 12.1. The molecule has 2 aromatic carbocycles. The van der Waals surface area contributed by atoms with E-state index in [2.05, 4.69) is 5.32 Å². The second kappa shape index (κ2) is 10.8. The first-order valence-electron chi connectivity index (χ1n) is 8.54. The van der Waals surface area contributed by atoms with Crippen LogP contribution in [0.3, 0.4) is 0 Å². The van der Waals surface area contributed by atoms with Crippen molar-refractivity contribution in [1.29, 1.82) is 0 Å². The smallest absolute Gasteiger partial charge is 0.338 e. The summed E-state index contributed by atoms with van der Waals surface area (Å²) < 4.78 is 20.8. The molecule has 0 radical (unpaired) electrons. The Morgan fingerprint density at radius 2 is 1.59 bits per heavy atom. The Labute approximate surface area is 158 Å². The van der Waals surface area contributed by atoms with Crippen molar-refractivity contribution in [3.63, 3.8) is 0 Å². The summed E-state index contributed by atoms with van der Waals surface area (Å²) in [5, 5.41) is 2.71. The van der Waals surface area contributed by atoms with Gasteiger partial charge >= 0.3 is 5.97 Å². The fraction of sp³-hybridized carbons (Fsp3) is 0.300. The molecule has 0 heterocycles. The monoisotopic (exact) mass is 373 g/mol. The Hall–Kier alpha value is -3.06. The van der Waals surface area contributed by atoms with E-state index in [1.165, 1.54) is 7.11 Å². The van der Waals surface area contributed by atoms with E-state index in [4.69, 9.17) is 18.9 Å². The van der Waals surface area contributed by atoms with Crippen LogP contribution in [0.2, 0.25) is 0 Å². The van der Waals surface area contributed by atoms with Crippen molar-refractivity contribution < 1.29 is 28.5 Å². The SMILES string of the molecule is CCOc1ccccc1OCC(=O)Nc1ccc(C(=O)OCCOC)cc1. The van der Waals surface area contributed by atoms with E-state index >= 15 is 0 Å². The summed E-state index contributed by atoms with van der Waals surface area (Å²) in [4.78, 5) is 23.9. The molecule has 1 N–H and O–H groups in total. The molecule has 0 aromatic heterocycles. The Morgan fingerprint density at radius 1 is 0.926 bits per heavy atom. The Kier molecular flexibility index (Phi) is 8.12. The molecule has 1 amide bonds. The van der Waals surface area contributed by atoms with Gasteiger partial charge < -0.3 is 24.3 Å². The molecular formula is C20H23NO6. The molecule has 2 rings (SSSR count). The minimum absolute atomic E-state index is 0.162. The van der Waals surface area contributed by atoms with Crippen molar-refractivity contribution >= 4 is 17.6 Å². The van der Waals surface area contributed by atoms with Gasteiger partial charge in [0, 0.05) is 12.8 Å². The van der Waals surface area contributed by atoms with Crippen LogP contribution >= 0.6 is 0 Å². The van der Waals surface area contributed by atoms with Crippen molar-refractivity contribution in [3.05, 3.63) is 54.1 Å². The lowest BCUT2D eigenvalue weighted by atomic mass is 10.2. The first kappa shape index (κ1) is 20.3. The van der Waals surface area contributed by atoms with Gasteiger partial charge in [-0.2, -0.15) is 0 Å². The van der Waals surface area contributed by atoms with Gasteiger partial charge in [0.15, 0.2) is 18.1 Å². The van der Waals surface area contributed by atoms with Crippen LogP contribution in [0, 0.1) is 0 Å². The number of carbonyl (C=O) groups excluding carboxylic acids is 2. The summed E-state index contributed by atoms with van der Waals surface area (Å²) in [5.41, 5.74) is 0.945. The third kappa shape index (κ3) is 6.63. The number of carbonyl (C=O) groups is 2. The fourth-order valence-corrected chi connectivity index (χ4v) is 2.18. The highest BCUT2D eigenvalue weighted by atomic mass is 16.6. The number of methoxy groups -OCH3 is 1. The standard InChI is InChI=1S/C20H23NO6/c1-3-25-17-6-4-5-7-18(17)27-14-19(22)21-16-10-8-15(9-11-16)20(23)26-13-12-24-2/h4-11H,3,12-14H2,1-2H3,(H,21,22). The minimum Gasteiger partial charge on any atom is -0.490 e. The summed E-state index contributed by atoms with van der Waals surface area (Å²) in [6.45, 7) is 2.75. The van der Waals surface area contributed by atoms with Crippen molar-refractivity contribution in [2.75, 3.05) is 38.9 Å². The molecule has 0 aliphatic carbocycles. The zero-order valence-electron chi connectivity index (χ0n) is 15.4. The summed E-state index contributed by atoms with van der Waals surface area (Å²) in [7, 11) is 1.53. The predicted octanol–water partition coefficient (Wildman–Crippen LogP) is 2.91. The third-order valence-electron chi connectivity index (χ3n) is 3.43. The summed E-state index contributed by atoms with van der Waals surface area (Å²) in [6.07, 6.45) is 0. The van der Waals surface area contributed by atoms with E-state index in [0.717, 1.165) is 0 Å². The molecule has 0 spiro atoms. The summed E-state index contributed by atoms with van der Waals surface area (Å²) in [6, 6.07) is 13.6. The average molecular weight is 373 g/mol. The van der Waals surface area contributed by atoms with Crippen LogP contribution in [0.4, 0.5) is 5.69 Å². The fourth-order valence-electron chi connectivity index (χ4n) is 2.18. The molecule has 2 aromatic rings. The first-order valence-corrected chi connectivity index (χ1v) is 8.54. The zero-order chi connectivity index (χ0) is 19.5. The van der Waals surface area contributed by atoms with Crippen LogP contribution in [0.25, 0.3) is 0 Å². The normalized spacial score (nSPS) is 10.1. The molecule has 0 unspecified atom stereocenters. The predicted molar refractivity (Wildman–Crippen MR) is 100 cm³/mol. The average Bonchev–Trinajstić information content (AvgIpc) is 2.68. The van der Waals surface area contributed by atoms with Crippen LogP contribution in [0.1, 0.15) is 17.3 Å². The molecule has 0 atom stereocenters. The largest absolute Gasteiger partial charge is 0.490 e. The summed E-state index contributed by atoms with van der Waals surface area (Å²) in [5.74, 6) is 0.324. The van der Waals surface area contributed by atoms with Gasteiger partial charge in [-0.3, -0.25) is 4.79 Å². The van der Waals surface area contributed by atoms with E-state index in [-0.39, 0.29) is 19.1 Å². The lowest BCUT2D eigenvalue weighted by Gasteiger charge is -2.11. The van der Waals surface area contributed by atoms with Crippen molar-refractivity contribution in [2.45, 2.75) is 6.92 Å². The Bertz CT molecular complexity index is 744. The molecule has 0 saturated heterocycles. The number of amides is 1. The molecule has 0 bridgehead atoms. The van der Waals surface area contributed by atoms with Crippen LogP contribution in [-0.4, -0.2) is 45.4 Å². The van der Waals surface area contributed by atoms with Gasteiger partial charge in [-0.15, -0.1) is 0 Å². The minimum atomic E-state index is -0.444. The second-order valence-corrected chi connectivity index (χ2v) is 5.42. The number of hydrogen-bond donors (Lipinski definition) is 1. The molecule has 0 saturated carbocycles. The van der Waals surface area contributed by atoms with Crippen molar-refractivity contribution in [3.8, 4) is 11.5 Å². The lowest BCUT2D eigenvalue weighted by Crippen LogP contribution is -2.20. The highest BCUT2D eigenvalue weighted by Crippen LogP contribution is 2.26. The van der Waals surface area contributed by atoms with Crippen LogP contribution in [0.15, 0.2) is 48.5 Å². The molecular weight excluding hydrogens is 350 g/mol. The van der Waals surface area contributed by atoms with E-state index in [0.29, 0.717) is 36.0 Å². The highest BCUT2D eigenvalue weighted by Gasteiger charge is 2.10. The number of ether oxygens (including phenoxy) is 4. The highest BCUT2D eigenvalue weighted by molar-refractivity contribution is 5.93. The topological polar surface area (TPSA) is 83.1 Å². The number of anilines is 1. The van der Waals surface area contributed by atoms with Gasteiger partial charge in [0.2, 0.25) is 0 Å². The molecule has 0 aliphatic rings. The number of para-hydroxylation sites is 2. The molecule has 27 heavy (non-hydrogen) atoms. The van der Waals surface area contributed by atoms with Crippen molar-refractivity contribution in [1.82, 2.24) is 0 Å². The van der Waals surface area contributed by atoms with Crippen LogP contribution < -0.4 is 14.8 Å². The second-order valence-electron chi connectivity index (χ2n) is 5.42. The van der Waals surface area contributed by atoms with Crippen molar-refractivity contribution in [2.24, 2.45) is 0 Å². The first-order chi connectivity index (χ1) is 13.1. The Morgan fingerprint density at radius 3 is 2.22 bits per heavy atom. The maximum absolute atomic E-state index is 12.1. The van der Waals surface area contributed by atoms with E-state index in [1.54, 1.807) is 42.5 Å². The number of rotatable bonds is 10. The van der Waals surface area contributed by atoms with E-state index in [1.807, 2.05) is 13.0 Å². The van der Waals surface area contributed by atoms with Gasteiger partial charge in [-0.05, 0) is 43.3 Å². The number of hydrogen-bond acceptors (Lipinski definition) is 6. The molecule has 7 nitrogen and oxygen atoms in total. The molecule has 0 fully saturated rings. The number of esters is 1. The van der Waals surface area contributed by atoms with Gasteiger partial charge in [-0.25, -0.2) is 4.79 Å².